The van der Waals surface area contributed by atoms with Crippen molar-refractivity contribution in [3.8, 4) is 5.75 Å². The molecule has 0 aliphatic carbocycles. The van der Waals surface area contributed by atoms with Gasteiger partial charge in [-0.1, -0.05) is 18.2 Å². The molecular weight excluding hydrogens is 442 g/mol. The maximum Gasteiger partial charge on any atom is 0.410 e. The van der Waals surface area contributed by atoms with Gasteiger partial charge in [0, 0.05) is 43.3 Å². The maximum absolute atomic E-state index is 12.3. The van der Waals surface area contributed by atoms with Crippen molar-refractivity contribution in [2.45, 2.75) is 39.2 Å². The van der Waals surface area contributed by atoms with Crippen molar-refractivity contribution >= 4 is 28.5 Å². The van der Waals surface area contributed by atoms with Crippen LogP contribution >= 0.6 is 0 Å². The molecular formula is C27H35N5O3. The van der Waals surface area contributed by atoms with E-state index in [9.17, 15) is 4.79 Å². The van der Waals surface area contributed by atoms with Gasteiger partial charge in [-0.15, -0.1) is 0 Å². The van der Waals surface area contributed by atoms with E-state index in [1.54, 1.807) is 11.2 Å². The number of carbonyl (C=O) groups excluding carboxylic acids is 1. The number of likely N-dealkylation sites (tertiary alicyclic amines) is 1. The predicted molar refractivity (Wildman–Crippen MR) is 139 cm³/mol. The number of hydrogen-bond acceptors (Lipinski definition) is 7. The highest BCUT2D eigenvalue weighted by molar-refractivity contribution is 5.89. The molecule has 1 amide bonds. The second kappa shape index (κ2) is 11.3. The van der Waals surface area contributed by atoms with E-state index in [0.29, 0.717) is 25.6 Å². The lowest BCUT2D eigenvalue weighted by Crippen LogP contribution is -2.42. The van der Waals surface area contributed by atoms with Gasteiger partial charge in [-0.2, -0.15) is 0 Å². The molecule has 2 aromatic carbocycles. The van der Waals surface area contributed by atoms with E-state index < -0.39 is 5.60 Å². The Labute approximate surface area is 207 Å². The van der Waals surface area contributed by atoms with Crippen molar-refractivity contribution in [2.24, 2.45) is 5.92 Å². The van der Waals surface area contributed by atoms with Crippen molar-refractivity contribution in [2.75, 3.05) is 43.4 Å². The first kappa shape index (κ1) is 24.6. The number of para-hydroxylation sites is 1. The number of aromatic nitrogens is 2. The van der Waals surface area contributed by atoms with Crippen LogP contribution in [0.15, 0.2) is 54.9 Å². The molecule has 0 spiro atoms. The first-order chi connectivity index (χ1) is 16.9. The van der Waals surface area contributed by atoms with Crippen molar-refractivity contribution in [1.82, 2.24) is 14.9 Å². The zero-order chi connectivity index (χ0) is 24.7. The minimum atomic E-state index is -0.467. The van der Waals surface area contributed by atoms with Gasteiger partial charge in [-0.05, 0) is 63.8 Å². The topological polar surface area (TPSA) is 88.6 Å². The second-order valence-corrected chi connectivity index (χ2v) is 9.84. The summed E-state index contributed by atoms with van der Waals surface area (Å²) in [4.78, 5) is 22.9. The fourth-order valence-electron chi connectivity index (χ4n) is 4.03. The van der Waals surface area contributed by atoms with Gasteiger partial charge in [0.2, 0.25) is 0 Å². The molecule has 0 unspecified atom stereocenters. The van der Waals surface area contributed by atoms with E-state index in [2.05, 4.69) is 20.6 Å². The van der Waals surface area contributed by atoms with Gasteiger partial charge in [0.1, 0.15) is 23.5 Å². The summed E-state index contributed by atoms with van der Waals surface area (Å²) in [5.74, 6) is 2.01. The zero-order valence-electron chi connectivity index (χ0n) is 20.8. The standard InChI is InChI=1S/C27H35N5O3/c1-27(2,3)35-26(33)32-15-11-20(12-16-32)18-34-22-9-10-23-24(17-22)30-19-31-25(23)29-14-13-28-21-7-5-4-6-8-21/h4-10,17,19-20,28H,11-16,18H2,1-3H3,(H,29,30,31). The average Bonchev–Trinajstić information content (AvgIpc) is 2.85. The summed E-state index contributed by atoms with van der Waals surface area (Å²) in [7, 11) is 0. The van der Waals surface area contributed by atoms with Crippen LogP contribution in [0.2, 0.25) is 0 Å². The third kappa shape index (κ3) is 7.21. The number of amides is 1. The molecule has 0 atom stereocenters. The van der Waals surface area contributed by atoms with E-state index in [1.807, 2.05) is 69.3 Å². The Morgan fingerprint density at radius 3 is 2.51 bits per heavy atom. The summed E-state index contributed by atoms with van der Waals surface area (Å²) in [5, 5.41) is 7.74. The van der Waals surface area contributed by atoms with Gasteiger partial charge in [0.25, 0.3) is 0 Å². The quantitative estimate of drug-likeness (QED) is 0.432. The normalized spacial score (nSPS) is 14.5. The van der Waals surface area contributed by atoms with Crippen LogP contribution in [-0.2, 0) is 4.74 Å². The Morgan fingerprint density at radius 2 is 1.77 bits per heavy atom. The minimum Gasteiger partial charge on any atom is -0.493 e. The highest BCUT2D eigenvalue weighted by Gasteiger charge is 2.27. The molecule has 0 radical (unpaired) electrons. The van der Waals surface area contributed by atoms with Crippen molar-refractivity contribution in [1.29, 1.82) is 0 Å². The van der Waals surface area contributed by atoms with E-state index in [-0.39, 0.29) is 6.09 Å². The molecule has 2 heterocycles. The zero-order valence-corrected chi connectivity index (χ0v) is 20.8. The summed E-state index contributed by atoms with van der Waals surface area (Å²) < 4.78 is 11.6. The van der Waals surface area contributed by atoms with Gasteiger partial charge >= 0.3 is 6.09 Å². The van der Waals surface area contributed by atoms with E-state index in [1.165, 1.54) is 0 Å². The van der Waals surface area contributed by atoms with Crippen LogP contribution in [-0.4, -0.2) is 59.3 Å². The molecule has 3 aromatic rings. The van der Waals surface area contributed by atoms with Crippen LogP contribution in [0.25, 0.3) is 10.9 Å². The van der Waals surface area contributed by atoms with Crippen LogP contribution < -0.4 is 15.4 Å². The lowest BCUT2D eigenvalue weighted by Gasteiger charge is -2.33. The SMILES string of the molecule is CC(C)(C)OC(=O)N1CCC(COc2ccc3c(NCCNc4ccccc4)ncnc3c2)CC1. The number of fused-ring (bicyclic) bond motifs is 1. The lowest BCUT2D eigenvalue weighted by atomic mass is 9.98. The Morgan fingerprint density at radius 1 is 1.03 bits per heavy atom. The van der Waals surface area contributed by atoms with Crippen molar-refractivity contribution in [3.63, 3.8) is 0 Å². The van der Waals surface area contributed by atoms with Crippen molar-refractivity contribution < 1.29 is 14.3 Å². The molecule has 1 aliphatic rings. The Kier molecular flexibility index (Phi) is 7.90. The summed E-state index contributed by atoms with van der Waals surface area (Å²) in [5.41, 5.74) is 1.47. The lowest BCUT2D eigenvalue weighted by molar-refractivity contribution is 0.0165. The Bertz CT molecular complexity index is 1110. The number of benzene rings is 2. The Hall–Kier alpha value is -3.55. The van der Waals surface area contributed by atoms with Gasteiger partial charge in [-0.3, -0.25) is 0 Å². The first-order valence-electron chi connectivity index (χ1n) is 12.3. The molecule has 1 saturated heterocycles. The van der Waals surface area contributed by atoms with E-state index >= 15 is 0 Å². The molecule has 0 bridgehead atoms. The van der Waals surface area contributed by atoms with Gasteiger partial charge in [-0.25, -0.2) is 14.8 Å². The molecule has 35 heavy (non-hydrogen) atoms. The monoisotopic (exact) mass is 477 g/mol. The molecule has 1 fully saturated rings. The van der Waals surface area contributed by atoms with E-state index in [0.717, 1.165) is 54.1 Å². The fraction of sp³-hybridized carbons (Fsp3) is 0.444. The van der Waals surface area contributed by atoms with Crippen LogP contribution in [0, 0.1) is 5.92 Å². The summed E-state index contributed by atoms with van der Waals surface area (Å²) in [6, 6.07) is 16.1. The van der Waals surface area contributed by atoms with Gasteiger partial charge in [0.05, 0.1) is 12.1 Å². The molecule has 1 aliphatic heterocycles. The smallest absolute Gasteiger partial charge is 0.410 e. The molecule has 8 nitrogen and oxygen atoms in total. The summed E-state index contributed by atoms with van der Waals surface area (Å²) in [6.07, 6.45) is 3.15. The largest absolute Gasteiger partial charge is 0.493 e. The number of nitrogens with zero attached hydrogens (tertiary/aromatic N) is 3. The maximum atomic E-state index is 12.3. The van der Waals surface area contributed by atoms with Crippen LogP contribution in [0.4, 0.5) is 16.3 Å². The van der Waals surface area contributed by atoms with E-state index in [4.69, 9.17) is 9.47 Å². The second-order valence-electron chi connectivity index (χ2n) is 9.84. The van der Waals surface area contributed by atoms with Gasteiger partial charge < -0.3 is 25.0 Å². The first-order valence-corrected chi connectivity index (χ1v) is 12.3. The number of nitrogens with one attached hydrogen (secondary N) is 2. The fourth-order valence-corrected chi connectivity index (χ4v) is 4.03. The number of piperidine rings is 1. The molecule has 4 rings (SSSR count). The number of carbonyl (C=O) groups is 1. The highest BCUT2D eigenvalue weighted by Crippen LogP contribution is 2.26. The molecule has 1 aromatic heterocycles. The number of hydrogen-bond donors (Lipinski definition) is 2. The van der Waals surface area contributed by atoms with Gasteiger partial charge in [0.15, 0.2) is 0 Å². The van der Waals surface area contributed by atoms with Crippen LogP contribution in [0.1, 0.15) is 33.6 Å². The summed E-state index contributed by atoms with van der Waals surface area (Å²) in [6.45, 7) is 9.20. The molecule has 2 N–H and O–H groups in total. The molecule has 186 valence electrons. The highest BCUT2D eigenvalue weighted by atomic mass is 16.6. The molecule has 8 heteroatoms. The third-order valence-electron chi connectivity index (χ3n) is 5.88. The third-order valence-corrected chi connectivity index (χ3v) is 5.88. The minimum absolute atomic E-state index is 0.230. The summed E-state index contributed by atoms with van der Waals surface area (Å²) >= 11 is 0. The number of ether oxygens (including phenoxy) is 2. The Balaban J connectivity index is 1.25. The van der Waals surface area contributed by atoms with Crippen LogP contribution in [0.3, 0.4) is 0 Å². The predicted octanol–water partition coefficient (Wildman–Crippen LogP) is 5.18. The van der Waals surface area contributed by atoms with Crippen LogP contribution in [0.5, 0.6) is 5.75 Å². The number of anilines is 2. The van der Waals surface area contributed by atoms with Crippen molar-refractivity contribution in [3.05, 3.63) is 54.9 Å². The molecule has 0 saturated carbocycles. The number of rotatable bonds is 8. The average molecular weight is 478 g/mol.